The second-order valence-corrected chi connectivity index (χ2v) is 8.64. The molecule has 1 aromatic rings. The number of nitro groups is 1. The van der Waals surface area contributed by atoms with Gasteiger partial charge in [-0.2, -0.15) is 0 Å². The van der Waals surface area contributed by atoms with Crippen molar-refractivity contribution in [2.24, 2.45) is 0 Å². The zero-order valence-corrected chi connectivity index (χ0v) is 18.9. The molecule has 0 aliphatic carbocycles. The topological polar surface area (TPSA) is 91.2 Å². The van der Waals surface area contributed by atoms with E-state index in [0.29, 0.717) is 30.7 Å². The monoisotopic (exact) mass is 433 g/mol. The van der Waals surface area contributed by atoms with Crippen molar-refractivity contribution in [1.82, 2.24) is 14.7 Å². The molecule has 2 heterocycles. The van der Waals surface area contributed by atoms with E-state index < -0.39 is 4.92 Å². The molecule has 0 spiro atoms. The Balaban J connectivity index is 1.37. The zero-order valence-electron chi connectivity index (χ0n) is 18.9. The van der Waals surface area contributed by atoms with Crippen LogP contribution in [0.5, 0.6) is 5.75 Å². The molecular weight excluding hydrogens is 398 g/mol. The quantitative estimate of drug-likeness (QED) is 0.472. The minimum Gasteiger partial charge on any atom is -0.494 e. The van der Waals surface area contributed by atoms with Gasteiger partial charge < -0.3 is 15.0 Å². The predicted molar refractivity (Wildman–Crippen MR) is 121 cm³/mol. The zero-order chi connectivity index (χ0) is 22.4. The van der Waals surface area contributed by atoms with E-state index in [1.807, 2.05) is 0 Å². The van der Waals surface area contributed by atoms with Gasteiger partial charge in [0.15, 0.2) is 0 Å². The van der Waals surface area contributed by atoms with E-state index in [9.17, 15) is 14.9 Å². The summed E-state index contributed by atoms with van der Waals surface area (Å²) in [6.45, 7) is 11.6. The van der Waals surface area contributed by atoms with E-state index in [-0.39, 0.29) is 17.3 Å². The van der Waals surface area contributed by atoms with Crippen molar-refractivity contribution < 1.29 is 14.5 Å². The van der Waals surface area contributed by atoms with Crippen LogP contribution in [0.25, 0.3) is 0 Å². The van der Waals surface area contributed by atoms with Gasteiger partial charge in [0, 0.05) is 70.4 Å². The lowest BCUT2D eigenvalue weighted by Crippen LogP contribution is -2.49. The summed E-state index contributed by atoms with van der Waals surface area (Å²) in [4.78, 5) is 30.3. The third-order valence-corrected chi connectivity index (χ3v) is 6.60. The fourth-order valence-corrected chi connectivity index (χ4v) is 4.55. The first kappa shape index (κ1) is 23.4. The number of rotatable bonds is 9. The molecule has 0 saturated carbocycles. The molecule has 2 aliphatic rings. The van der Waals surface area contributed by atoms with Crippen LogP contribution in [0.15, 0.2) is 18.2 Å². The average molecular weight is 434 g/mol. The van der Waals surface area contributed by atoms with Gasteiger partial charge in [-0.05, 0) is 32.8 Å². The van der Waals surface area contributed by atoms with Gasteiger partial charge in [-0.15, -0.1) is 0 Å². The van der Waals surface area contributed by atoms with Gasteiger partial charge in [-0.1, -0.05) is 0 Å². The molecule has 9 nitrogen and oxygen atoms in total. The Labute approximate surface area is 184 Å². The van der Waals surface area contributed by atoms with Crippen molar-refractivity contribution in [3.8, 4) is 5.75 Å². The molecule has 1 amide bonds. The van der Waals surface area contributed by atoms with Gasteiger partial charge in [0.25, 0.3) is 5.69 Å². The summed E-state index contributed by atoms with van der Waals surface area (Å²) in [6, 6.07) is 5.59. The van der Waals surface area contributed by atoms with Crippen LogP contribution in [0.1, 0.15) is 33.1 Å². The number of methoxy groups -OCH3 is 1. The SMILES string of the molecule is COc1cc([N+](=O)[O-])ccc1NC(=O)CCN1CCN(CCN2C(C)CCC2C)CC1. The smallest absolute Gasteiger partial charge is 0.273 e. The molecule has 31 heavy (non-hydrogen) atoms. The summed E-state index contributed by atoms with van der Waals surface area (Å²) in [7, 11) is 1.43. The number of amides is 1. The second kappa shape index (κ2) is 10.9. The number of non-ortho nitro benzene ring substituents is 1. The Bertz CT molecular complexity index is 756. The fraction of sp³-hybridized carbons (Fsp3) is 0.682. The van der Waals surface area contributed by atoms with Crippen LogP contribution in [-0.4, -0.2) is 90.5 Å². The molecule has 2 unspecified atom stereocenters. The molecule has 0 radical (unpaired) electrons. The third kappa shape index (κ3) is 6.38. The number of anilines is 1. The molecular formula is C22H35N5O4. The summed E-state index contributed by atoms with van der Waals surface area (Å²) in [5, 5.41) is 13.7. The number of hydrogen-bond donors (Lipinski definition) is 1. The third-order valence-electron chi connectivity index (χ3n) is 6.60. The number of hydrogen-bond acceptors (Lipinski definition) is 7. The first-order chi connectivity index (χ1) is 14.9. The second-order valence-electron chi connectivity index (χ2n) is 8.64. The summed E-state index contributed by atoms with van der Waals surface area (Å²) in [5.74, 6) is 0.171. The van der Waals surface area contributed by atoms with Crippen LogP contribution in [0.2, 0.25) is 0 Å². The van der Waals surface area contributed by atoms with Crippen molar-refractivity contribution >= 4 is 17.3 Å². The predicted octanol–water partition coefficient (Wildman–Crippen LogP) is 2.42. The molecule has 1 N–H and O–H groups in total. The molecule has 2 saturated heterocycles. The Morgan fingerprint density at radius 2 is 1.71 bits per heavy atom. The number of likely N-dealkylation sites (tertiary alicyclic amines) is 1. The minimum absolute atomic E-state index is 0.0682. The number of nitrogens with one attached hydrogen (secondary N) is 1. The average Bonchev–Trinajstić information content (AvgIpc) is 3.09. The van der Waals surface area contributed by atoms with E-state index in [0.717, 1.165) is 39.3 Å². The standard InChI is InChI=1S/C22H35N5O4/c1-17-4-5-18(2)26(17)15-14-25-12-10-24(11-13-25)9-8-22(28)23-20-7-6-19(27(29)30)16-21(20)31-3/h6-7,16-18H,4-5,8-15H2,1-3H3,(H,23,28). The Hall–Kier alpha value is -2.23. The van der Waals surface area contributed by atoms with E-state index in [2.05, 4.69) is 33.9 Å². The largest absolute Gasteiger partial charge is 0.494 e. The number of carbonyl (C=O) groups is 1. The summed E-state index contributed by atoms with van der Waals surface area (Å²) in [6.07, 6.45) is 2.99. The molecule has 0 bridgehead atoms. The normalized spacial score (nSPS) is 23.1. The van der Waals surface area contributed by atoms with Gasteiger partial charge in [0.05, 0.1) is 23.8 Å². The summed E-state index contributed by atoms with van der Waals surface area (Å²) in [5.41, 5.74) is 0.384. The maximum Gasteiger partial charge on any atom is 0.273 e. The number of nitro benzene ring substituents is 1. The number of carbonyl (C=O) groups excluding carboxylic acids is 1. The maximum atomic E-state index is 12.4. The molecule has 1 aromatic carbocycles. The van der Waals surface area contributed by atoms with Crippen molar-refractivity contribution in [3.05, 3.63) is 28.3 Å². The van der Waals surface area contributed by atoms with E-state index in [1.54, 1.807) is 0 Å². The lowest BCUT2D eigenvalue weighted by Gasteiger charge is -2.36. The molecule has 3 rings (SSSR count). The van der Waals surface area contributed by atoms with Gasteiger partial charge >= 0.3 is 0 Å². The highest BCUT2D eigenvalue weighted by molar-refractivity contribution is 5.92. The lowest BCUT2D eigenvalue weighted by atomic mass is 10.2. The summed E-state index contributed by atoms with van der Waals surface area (Å²) >= 11 is 0. The Kier molecular flexibility index (Phi) is 8.22. The van der Waals surface area contributed by atoms with Crippen molar-refractivity contribution in [2.75, 3.05) is 58.2 Å². The molecule has 0 aromatic heterocycles. The van der Waals surface area contributed by atoms with Gasteiger partial charge in [0.2, 0.25) is 5.91 Å². The summed E-state index contributed by atoms with van der Waals surface area (Å²) < 4.78 is 5.18. The molecule has 2 fully saturated rings. The lowest BCUT2D eigenvalue weighted by molar-refractivity contribution is -0.384. The fourth-order valence-electron chi connectivity index (χ4n) is 4.55. The van der Waals surface area contributed by atoms with Crippen molar-refractivity contribution in [3.63, 3.8) is 0 Å². The Morgan fingerprint density at radius 3 is 2.29 bits per heavy atom. The van der Waals surface area contributed by atoms with Crippen LogP contribution in [-0.2, 0) is 4.79 Å². The number of nitrogens with zero attached hydrogens (tertiary/aromatic N) is 4. The van der Waals surface area contributed by atoms with Gasteiger partial charge in [0.1, 0.15) is 5.75 Å². The molecule has 172 valence electrons. The van der Waals surface area contributed by atoms with Crippen LogP contribution >= 0.6 is 0 Å². The maximum absolute atomic E-state index is 12.4. The molecule has 2 atom stereocenters. The van der Waals surface area contributed by atoms with Crippen LogP contribution in [0.4, 0.5) is 11.4 Å². The number of piperazine rings is 1. The Morgan fingerprint density at radius 1 is 1.10 bits per heavy atom. The van der Waals surface area contributed by atoms with E-state index in [1.165, 1.54) is 38.2 Å². The van der Waals surface area contributed by atoms with Gasteiger partial charge in [-0.25, -0.2) is 0 Å². The molecule has 2 aliphatic heterocycles. The first-order valence-corrected chi connectivity index (χ1v) is 11.2. The number of benzene rings is 1. The minimum atomic E-state index is -0.486. The van der Waals surface area contributed by atoms with Crippen molar-refractivity contribution in [1.29, 1.82) is 0 Å². The van der Waals surface area contributed by atoms with Crippen molar-refractivity contribution in [2.45, 2.75) is 45.2 Å². The highest BCUT2D eigenvalue weighted by Gasteiger charge is 2.27. The van der Waals surface area contributed by atoms with E-state index in [4.69, 9.17) is 4.74 Å². The highest BCUT2D eigenvalue weighted by atomic mass is 16.6. The molecule has 9 heteroatoms. The number of ether oxygens (including phenoxy) is 1. The van der Waals surface area contributed by atoms with E-state index >= 15 is 0 Å². The highest BCUT2D eigenvalue weighted by Crippen LogP contribution is 2.29. The first-order valence-electron chi connectivity index (χ1n) is 11.2. The van der Waals surface area contributed by atoms with Crippen LogP contribution in [0, 0.1) is 10.1 Å². The van der Waals surface area contributed by atoms with Crippen LogP contribution < -0.4 is 10.1 Å². The van der Waals surface area contributed by atoms with Gasteiger partial charge in [-0.3, -0.25) is 24.7 Å². The van der Waals surface area contributed by atoms with Crippen LogP contribution in [0.3, 0.4) is 0 Å².